The Morgan fingerprint density at radius 2 is 1.88 bits per heavy atom. The van der Waals surface area contributed by atoms with Gasteiger partial charge in [0.05, 0.1) is 46.2 Å². The third-order valence-corrected chi connectivity index (χ3v) is 7.94. The molecule has 2 heterocycles. The van der Waals surface area contributed by atoms with E-state index in [0.717, 1.165) is 53.4 Å². The van der Waals surface area contributed by atoms with E-state index in [2.05, 4.69) is 45.5 Å². The Labute approximate surface area is 249 Å². The number of aromatic nitrogens is 1. The molecule has 1 atom stereocenters. The maximum absolute atomic E-state index is 12.5. The van der Waals surface area contributed by atoms with E-state index < -0.39 is 0 Å². The predicted molar refractivity (Wildman–Crippen MR) is 163 cm³/mol. The van der Waals surface area contributed by atoms with Crippen LogP contribution in [-0.2, 0) is 16.1 Å². The first-order valence-corrected chi connectivity index (χ1v) is 14.3. The lowest BCUT2D eigenvalue weighted by Crippen LogP contribution is -2.44. The molecular formula is C32H30Cl2N4O3. The maximum atomic E-state index is 12.5. The van der Waals surface area contributed by atoms with E-state index >= 15 is 0 Å². The lowest BCUT2D eigenvalue weighted by atomic mass is 9.99. The van der Waals surface area contributed by atoms with Crippen LogP contribution in [0.5, 0.6) is 5.75 Å². The van der Waals surface area contributed by atoms with E-state index in [1.165, 1.54) is 7.11 Å². The van der Waals surface area contributed by atoms with Crippen molar-refractivity contribution in [2.75, 3.05) is 25.6 Å². The average Bonchev–Trinajstić information content (AvgIpc) is 2.99. The standard InChI is InChI=1S/C32H30Cl2N4O3/c1-3-41-32(39)29-6-4-5-13-38(29)19-20-7-9-21(10-8-20)22-11-12-24-27(14-22)36-18-23(17-35)31(24)37-28-16-30(40-2)26(34)15-25(28)33/h7-12,14-16,18,29H,3-6,13,19H2,1-2H3,(H,36,37). The fourth-order valence-corrected chi connectivity index (χ4v) is 5.74. The molecule has 9 heteroatoms. The van der Waals surface area contributed by atoms with Crippen LogP contribution in [0.25, 0.3) is 22.0 Å². The highest BCUT2D eigenvalue weighted by atomic mass is 35.5. The van der Waals surface area contributed by atoms with Gasteiger partial charge in [0.25, 0.3) is 0 Å². The first-order valence-electron chi connectivity index (χ1n) is 13.5. The lowest BCUT2D eigenvalue weighted by molar-refractivity contribution is -0.151. The molecule has 0 aliphatic carbocycles. The number of benzene rings is 3. The number of hydrogen-bond acceptors (Lipinski definition) is 7. The van der Waals surface area contributed by atoms with Crippen molar-refractivity contribution in [3.8, 4) is 22.9 Å². The summed E-state index contributed by atoms with van der Waals surface area (Å²) in [5, 5.41) is 14.7. The van der Waals surface area contributed by atoms with Crippen LogP contribution in [0.4, 0.5) is 11.4 Å². The number of likely N-dealkylation sites (tertiary alicyclic amines) is 1. The second kappa shape index (κ2) is 12.8. The van der Waals surface area contributed by atoms with E-state index in [-0.39, 0.29) is 12.0 Å². The van der Waals surface area contributed by atoms with Crippen molar-refractivity contribution in [2.45, 2.75) is 38.8 Å². The van der Waals surface area contributed by atoms with Crippen LogP contribution in [0.2, 0.25) is 10.0 Å². The van der Waals surface area contributed by atoms with Gasteiger partial charge in [-0.05, 0) is 55.1 Å². The summed E-state index contributed by atoms with van der Waals surface area (Å²) < 4.78 is 10.6. The number of halogens is 2. The number of methoxy groups -OCH3 is 1. The minimum atomic E-state index is -0.181. The van der Waals surface area contributed by atoms with Gasteiger partial charge >= 0.3 is 5.97 Å². The molecule has 7 nitrogen and oxygen atoms in total. The van der Waals surface area contributed by atoms with Crippen molar-refractivity contribution in [1.29, 1.82) is 5.26 Å². The third-order valence-electron chi connectivity index (χ3n) is 7.34. The summed E-state index contributed by atoms with van der Waals surface area (Å²) in [4.78, 5) is 19.2. The quantitative estimate of drug-likeness (QED) is 0.210. The number of carbonyl (C=O) groups excluding carboxylic acids is 1. The van der Waals surface area contributed by atoms with E-state index in [9.17, 15) is 10.1 Å². The molecule has 1 aliphatic rings. The van der Waals surface area contributed by atoms with Crippen LogP contribution >= 0.6 is 23.2 Å². The topological polar surface area (TPSA) is 87.5 Å². The molecule has 0 saturated carbocycles. The smallest absolute Gasteiger partial charge is 0.323 e. The number of hydrogen-bond donors (Lipinski definition) is 1. The van der Waals surface area contributed by atoms with Gasteiger partial charge in [0.2, 0.25) is 0 Å². The number of nitrogens with one attached hydrogen (secondary N) is 1. The van der Waals surface area contributed by atoms with Crippen molar-refractivity contribution >= 4 is 51.4 Å². The molecule has 1 saturated heterocycles. The molecule has 4 aromatic rings. The second-order valence-corrected chi connectivity index (χ2v) is 10.7. The molecule has 5 rings (SSSR count). The van der Waals surface area contributed by atoms with E-state index in [1.54, 1.807) is 18.3 Å². The molecular weight excluding hydrogens is 559 g/mol. The van der Waals surface area contributed by atoms with Gasteiger partial charge in [-0.2, -0.15) is 5.26 Å². The average molecular weight is 590 g/mol. The van der Waals surface area contributed by atoms with Crippen LogP contribution in [0.1, 0.15) is 37.3 Å². The zero-order valence-corrected chi connectivity index (χ0v) is 24.4. The summed E-state index contributed by atoms with van der Waals surface area (Å²) in [6.07, 6.45) is 4.52. The maximum Gasteiger partial charge on any atom is 0.323 e. The molecule has 41 heavy (non-hydrogen) atoms. The van der Waals surface area contributed by atoms with Gasteiger partial charge in [-0.15, -0.1) is 0 Å². The molecule has 1 fully saturated rings. The van der Waals surface area contributed by atoms with Crippen molar-refractivity contribution in [2.24, 2.45) is 0 Å². The Hall–Kier alpha value is -3.83. The second-order valence-electron chi connectivity index (χ2n) is 9.91. The first kappa shape index (κ1) is 28.7. The fraction of sp³-hybridized carbons (Fsp3) is 0.281. The number of esters is 1. The molecule has 1 unspecified atom stereocenters. The summed E-state index contributed by atoms with van der Waals surface area (Å²) in [5.41, 5.74) is 5.47. The van der Waals surface area contributed by atoms with E-state index in [4.69, 9.17) is 32.7 Å². The summed E-state index contributed by atoms with van der Waals surface area (Å²) in [6.45, 7) is 3.83. The van der Waals surface area contributed by atoms with Gasteiger partial charge in [-0.3, -0.25) is 14.7 Å². The number of anilines is 2. The summed E-state index contributed by atoms with van der Waals surface area (Å²) in [5.74, 6) is 0.344. The van der Waals surface area contributed by atoms with Crippen molar-refractivity contribution < 1.29 is 14.3 Å². The molecule has 210 valence electrons. The van der Waals surface area contributed by atoms with Gasteiger partial charge in [-0.1, -0.05) is 66.0 Å². The minimum absolute atomic E-state index is 0.127. The normalized spacial score (nSPS) is 15.3. The van der Waals surface area contributed by atoms with Gasteiger partial charge in [0.15, 0.2) is 0 Å². The largest absolute Gasteiger partial charge is 0.495 e. The third kappa shape index (κ3) is 6.25. The monoisotopic (exact) mass is 588 g/mol. The zero-order valence-electron chi connectivity index (χ0n) is 22.9. The van der Waals surface area contributed by atoms with Crippen molar-refractivity contribution in [3.63, 3.8) is 0 Å². The fourth-order valence-electron chi connectivity index (χ4n) is 5.23. The van der Waals surface area contributed by atoms with Gasteiger partial charge < -0.3 is 14.8 Å². The highest BCUT2D eigenvalue weighted by Gasteiger charge is 2.29. The SMILES string of the molecule is CCOC(=O)C1CCCCN1Cc1ccc(-c2ccc3c(Nc4cc(OC)c(Cl)cc4Cl)c(C#N)cnc3c2)cc1. The van der Waals surface area contributed by atoms with E-state index in [0.29, 0.717) is 45.9 Å². The Balaban J connectivity index is 1.40. The summed E-state index contributed by atoms with van der Waals surface area (Å²) in [7, 11) is 1.53. The van der Waals surface area contributed by atoms with Gasteiger partial charge in [0, 0.05) is 24.2 Å². The zero-order chi connectivity index (χ0) is 28.9. The van der Waals surface area contributed by atoms with E-state index in [1.807, 2.05) is 25.1 Å². The minimum Gasteiger partial charge on any atom is -0.495 e. The van der Waals surface area contributed by atoms with Gasteiger partial charge in [-0.25, -0.2) is 0 Å². The lowest BCUT2D eigenvalue weighted by Gasteiger charge is -2.34. The van der Waals surface area contributed by atoms with Crippen molar-refractivity contribution in [1.82, 2.24) is 9.88 Å². The van der Waals surface area contributed by atoms with Gasteiger partial charge in [0.1, 0.15) is 17.9 Å². The molecule has 0 radical (unpaired) electrons. The highest BCUT2D eigenvalue weighted by Crippen LogP contribution is 2.38. The van der Waals surface area contributed by atoms with Crippen molar-refractivity contribution in [3.05, 3.63) is 82.0 Å². The molecule has 0 amide bonds. The Morgan fingerprint density at radius 3 is 2.61 bits per heavy atom. The molecule has 1 aromatic heterocycles. The van der Waals surface area contributed by atoms with Crippen LogP contribution in [-0.4, -0.2) is 42.2 Å². The van der Waals surface area contributed by atoms with Crippen LogP contribution in [0.3, 0.4) is 0 Å². The number of nitriles is 1. The van der Waals surface area contributed by atoms with Crippen LogP contribution in [0.15, 0.2) is 60.8 Å². The predicted octanol–water partition coefficient (Wildman–Crippen LogP) is 7.75. The molecule has 0 spiro atoms. The Morgan fingerprint density at radius 1 is 1.10 bits per heavy atom. The number of ether oxygens (including phenoxy) is 2. The Kier molecular flexibility index (Phi) is 8.94. The highest BCUT2D eigenvalue weighted by molar-refractivity contribution is 6.37. The molecule has 0 bridgehead atoms. The number of pyridine rings is 1. The molecule has 1 N–H and O–H groups in total. The first-order chi connectivity index (χ1) is 19.9. The van der Waals surface area contributed by atoms with Crippen LogP contribution < -0.4 is 10.1 Å². The number of piperidine rings is 1. The summed E-state index contributed by atoms with van der Waals surface area (Å²) in [6, 6.07) is 19.7. The Bertz CT molecular complexity index is 1620. The number of carbonyl (C=O) groups is 1. The summed E-state index contributed by atoms with van der Waals surface area (Å²) >= 11 is 12.6. The number of fused-ring (bicyclic) bond motifs is 1. The number of nitrogens with zero attached hydrogens (tertiary/aromatic N) is 3. The molecule has 1 aliphatic heterocycles. The van der Waals surface area contributed by atoms with Crippen LogP contribution in [0, 0.1) is 11.3 Å². The number of rotatable bonds is 8. The molecule has 3 aromatic carbocycles.